The van der Waals surface area contributed by atoms with Gasteiger partial charge in [-0.05, 0) is 12.5 Å². The van der Waals surface area contributed by atoms with Crippen molar-refractivity contribution in [3.05, 3.63) is 24.0 Å². The Morgan fingerprint density at radius 1 is 1.47 bits per heavy atom. The lowest BCUT2D eigenvalue weighted by Crippen LogP contribution is -2.42. The van der Waals surface area contributed by atoms with Crippen LogP contribution in [-0.4, -0.2) is 51.1 Å². The Morgan fingerprint density at radius 2 is 2.21 bits per heavy atom. The van der Waals surface area contributed by atoms with Crippen molar-refractivity contribution >= 4 is 22.4 Å². The second kappa shape index (κ2) is 6.65. The highest BCUT2D eigenvalue weighted by Crippen LogP contribution is 2.17. The second-order valence-corrected chi connectivity index (χ2v) is 6.18. The Balaban J connectivity index is 2.11. The Kier molecular flexibility index (Phi) is 4.90. The van der Waals surface area contributed by atoms with E-state index in [4.69, 9.17) is 0 Å². The number of nitrogens with one attached hydrogen (secondary N) is 1. The maximum atomic E-state index is 12.4. The van der Waals surface area contributed by atoms with Crippen LogP contribution in [0.3, 0.4) is 0 Å². The summed E-state index contributed by atoms with van der Waals surface area (Å²) in [6.45, 7) is 4.03. The van der Waals surface area contributed by atoms with Crippen LogP contribution in [0.1, 0.15) is 23.7 Å². The number of hydrogen-bond acceptors (Lipinski definition) is 4. The van der Waals surface area contributed by atoms with Crippen LogP contribution in [0, 0.1) is 0 Å². The molecule has 0 bridgehead atoms. The van der Waals surface area contributed by atoms with Crippen LogP contribution < -0.4 is 5.32 Å². The molecule has 0 spiro atoms. The molecule has 2 rings (SSSR count). The predicted octanol–water partition coefficient (Wildman–Crippen LogP) is 1.11. The molecule has 1 aromatic heterocycles. The third-order valence-corrected chi connectivity index (χ3v) is 4.36. The highest BCUT2D eigenvalue weighted by molar-refractivity contribution is 7.85. The topological polar surface area (TPSA) is 62.3 Å². The standard InChI is InChI=1S/C13H19N3O2S/c1-2-4-15-12-3-5-14-10-11(12)13(17)16-6-8-19(18)9-7-16/h3,5,10H,2,4,6-9H2,1H3,(H,14,15). The first-order valence-electron chi connectivity index (χ1n) is 6.54. The first-order valence-corrected chi connectivity index (χ1v) is 8.03. The van der Waals surface area contributed by atoms with Gasteiger partial charge < -0.3 is 10.2 Å². The van der Waals surface area contributed by atoms with Crippen molar-refractivity contribution in [2.45, 2.75) is 13.3 Å². The Bertz CT molecular complexity index is 469. The molecule has 1 fully saturated rings. The normalized spacial score (nSPS) is 16.4. The predicted molar refractivity (Wildman–Crippen MR) is 76.8 cm³/mol. The van der Waals surface area contributed by atoms with Gasteiger partial charge in [-0.15, -0.1) is 0 Å². The summed E-state index contributed by atoms with van der Waals surface area (Å²) in [4.78, 5) is 18.2. The maximum Gasteiger partial charge on any atom is 0.257 e. The van der Waals surface area contributed by atoms with E-state index in [9.17, 15) is 9.00 Å². The van der Waals surface area contributed by atoms with E-state index in [-0.39, 0.29) is 5.91 Å². The number of nitrogens with zero attached hydrogens (tertiary/aromatic N) is 2. The molecule has 1 saturated heterocycles. The van der Waals surface area contributed by atoms with Crippen LogP contribution in [0.4, 0.5) is 5.69 Å². The molecule has 6 heteroatoms. The summed E-state index contributed by atoms with van der Waals surface area (Å²) in [7, 11) is -0.769. The minimum Gasteiger partial charge on any atom is -0.384 e. The third kappa shape index (κ3) is 3.53. The first-order chi connectivity index (χ1) is 9.22. The molecule has 0 radical (unpaired) electrons. The van der Waals surface area contributed by atoms with Gasteiger partial charge in [-0.25, -0.2) is 0 Å². The lowest BCUT2D eigenvalue weighted by Gasteiger charge is -2.27. The number of carbonyl (C=O) groups is 1. The second-order valence-electron chi connectivity index (χ2n) is 4.49. The van der Waals surface area contributed by atoms with E-state index in [1.807, 2.05) is 6.07 Å². The van der Waals surface area contributed by atoms with Gasteiger partial charge in [0.1, 0.15) is 0 Å². The largest absolute Gasteiger partial charge is 0.384 e. The molecule has 1 aliphatic rings. The minimum absolute atomic E-state index is 0.0246. The zero-order chi connectivity index (χ0) is 13.7. The van der Waals surface area contributed by atoms with Crippen molar-refractivity contribution in [2.24, 2.45) is 0 Å². The van der Waals surface area contributed by atoms with E-state index >= 15 is 0 Å². The molecule has 0 unspecified atom stereocenters. The lowest BCUT2D eigenvalue weighted by atomic mass is 10.2. The van der Waals surface area contributed by atoms with Gasteiger partial charge in [0.25, 0.3) is 5.91 Å². The number of anilines is 1. The molecule has 0 aromatic carbocycles. The van der Waals surface area contributed by atoms with Gasteiger partial charge in [0.2, 0.25) is 0 Å². The van der Waals surface area contributed by atoms with Crippen LogP contribution in [0.15, 0.2) is 18.5 Å². The van der Waals surface area contributed by atoms with Crippen LogP contribution in [0.5, 0.6) is 0 Å². The van der Waals surface area contributed by atoms with Crippen molar-refractivity contribution < 1.29 is 9.00 Å². The average Bonchev–Trinajstić information content (AvgIpc) is 2.45. The molecule has 1 N–H and O–H groups in total. The van der Waals surface area contributed by atoms with Gasteiger partial charge in [-0.2, -0.15) is 0 Å². The fraction of sp³-hybridized carbons (Fsp3) is 0.538. The summed E-state index contributed by atoms with van der Waals surface area (Å²) in [5, 5.41) is 3.24. The van der Waals surface area contributed by atoms with Gasteiger partial charge in [-0.1, -0.05) is 6.92 Å². The van der Waals surface area contributed by atoms with Crippen molar-refractivity contribution in [2.75, 3.05) is 36.5 Å². The fourth-order valence-corrected chi connectivity index (χ4v) is 3.04. The molecule has 1 amide bonds. The summed E-state index contributed by atoms with van der Waals surface area (Å²) >= 11 is 0. The molecule has 0 aliphatic carbocycles. The Labute approximate surface area is 115 Å². The summed E-state index contributed by atoms with van der Waals surface area (Å²) < 4.78 is 11.3. The van der Waals surface area contributed by atoms with Gasteiger partial charge in [0, 0.05) is 54.3 Å². The Morgan fingerprint density at radius 3 is 2.89 bits per heavy atom. The van der Waals surface area contributed by atoms with Crippen molar-refractivity contribution in [3.8, 4) is 0 Å². The number of rotatable bonds is 4. The Hall–Kier alpha value is -1.43. The summed E-state index contributed by atoms with van der Waals surface area (Å²) in [5.74, 6) is 1.12. The number of carbonyl (C=O) groups excluding carboxylic acids is 1. The number of aromatic nitrogens is 1. The maximum absolute atomic E-state index is 12.4. The van der Waals surface area contributed by atoms with Gasteiger partial charge >= 0.3 is 0 Å². The highest BCUT2D eigenvalue weighted by atomic mass is 32.2. The molecule has 0 saturated carbocycles. The van der Waals surface area contributed by atoms with Crippen molar-refractivity contribution in [1.82, 2.24) is 9.88 Å². The number of hydrogen-bond donors (Lipinski definition) is 1. The molecular formula is C13H19N3O2S. The van der Waals surface area contributed by atoms with E-state index in [2.05, 4.69) is 17.2 Å². The SMILES string of the molecule is CCCNc1ccncc1C(=O)N1CCS(=O)CC1. The summed E-state index contributed by atoms with van der Waals surface area (Å²) in [6.07, 6.45) is 4.28. The van der Waals surface area contributed by atoms with Gasteiger partial charge in [-0.3, -0.25) is 14.0 Å². The molecule has 19 heavy (non-hydrogen) atoms. The van der Waals surface area contributed by atoms with Gasteiger partial charge in [0.15, 0.2) is 0 Å². The van der Waals surface area contributed by atoms with E-state index in [0.29, 0.717) is 30.2 Å². The molecule has 1 aromatic rings. The molecule has 2 heterocycles. The zero-order valence-corrected chi connectivity index (χ0v) is 11.9. The number of pyridine rings is 1. The van der Waals surface area contributed by atoms with Crippen molar-refractivity contribution in [3.63, 3.8) is 0 Å². The van der Waals surface area contributed by atoms with E-state index in [0.717, 1.165) is 18.7 Å². The summed E-state index contributed by atoms with van der Waals surface area (Å²) in [6, 6.07) is 1.82. The number of amides is 1. The van der Waals surface area contributed by atoms with E-state index in [1.54, 1.807) is 17.3 Å². The van der Waals surface area contributed by atoms with Crippen LogP contribution in [0.25, 0.3) is 0 Å². The summed E-state index contributed by atoms with van der Waals surface area (Å²) in [5.41, 5.74) is 1.43. The van der Waals surface area contributed by atoms with Crippen LogP contribution >= 0.6 is 0 Å². The fourth-order valence-electron chi connectivity index (χ4n) is 1.99. The first kappa shape index (κ1) is 14.0. The molecule has 0 atom stereocenters. The quantitative estimate of drug-likeness (QED) is 0.898. The van der Waals surface area contributed by atoms with E-state index in [1.165, 1.54) is 0 Å². The van der Waals surface area contributed by atoms with Crippen LogP contribution in [-0.2, 0) is 10.8 Å². The minimum atomic E-state index is -0.769. The lowest BCUT2D eigenvalue weighted by molar-refractivity contribution is 0.0772. The molecule has 104 valence electrons. The average molecular weight is 281 g/mol. The highest BCUT2D eigenvalue weighted by Gasteiger charge is 2.23. The zero-order valence-electron chi connectivity index (χ0n) is 11.1. The molecule has 1 aliphatic heterocycles. The van der Waals surface area contributed by atoms with Crippen molar-refractivity contribution in [1.29, 1.82) is 0 Å². The molecule has 5 nitrogen and oxygen atoms in total. The van der Waals surface area contributed by atoms with Crippen LogP contribution in [0.2, 0.25) is 0 Å². The third-order valence-electron chi connectivity index (χ3n) is 3.08. The monoisotopic (exact) mass is 281 g/mol. The van der Waals surface area contributed by atoms with E-state index < -0.39 is 10.8 Å². The molecular weight excluding hydrogens is 262 g/mol. The smallest absolute Gasteiger partial charge is 0.257 e. The van der Waals surface area contributed by atoms with Gasteiger partial charge in [0.05, 0.1) is 11.3 Å².